The van der Waals surface area contributed by atoms with E-state index in [2.05, 4.69) is 24.3 Å². The monoisotopic (exact) mass is 174 g/mol. The minimum Gasteiger partial charge on any atom is -0.497 e. The minimum absolute atomic E-state index is 0.700. The van der Waals surface area contributed by atoms with Crippen molar-refractivity contribution < 1.29 is 4.74 Å². The lowest BCUT2D eigenvalue weighted by molar-refractivity contribution is 0.414. The molecule has 0 aromatic heterocycles. The largest absolute Gasteiger partial charge is 0.497 e. The first kappa shape index (κ1) is 8.36. The van der Waals surface area contributed by atoms with Crippen molar-refractivity contribution in [1.29, 1.82) is 0 Å². The van der Waals surface area contributed by atoms with E-state index in [0.29, 0.717) is 5.92 Å². The summed E-state index contributed by atoms with van der Waals surface area (Å²) in [7, 11) is 1.70. The van der Waals surface area contributed by atoms with Crippen LogP contribution < -0.4 is 4.74 Å². The van der Waals surface area contributed by atoms with E-state index in [0.717, 1.165) is 5.75 Å². The molecule has 1 heteroatoms. The molecule has 0 saturated carbocycles. The summed E-state index contributed by atoms with van der Waals surface area (Å²) in [5.41, 5.74) is 1.42. The van der Waals surface area contributed by atoms with Gasteiger partial charge in [0.2, 0.25) is 0 Å². The molecule has 0 atom stereocenters. The fourth-order valence-corrected chi connectivity index (χ4v) is 1.77. The van der Waals surface area contributed by atoms with Gasteiger partial charge in [-0.15, -0.1) is 0 Å². The van der Waals surface area contributed by atoms with Gasteiger partial charge in [0.15, 0.2) is 0 Å². The van der Waals surface area contributed by atoms with Crippen molar-refractivity contribution in [2.75, 3.05) is 7.11 Å². The summed E-state index contributed by atoms with van der Waals surface area (Å²) < 4.78 is 5.12. The van der Waals surface area contributed by atoms with Gasteiger partial charge in [0.25, 0.3) is 0 Å². The molecule has 1 aliphatic carbocycles. The Morgan fingerprint density at radius 1 is 1.08 bits per heavy atom. The fraction of sp³-hybridized carbons (Fsp3) is 0.333. The molecule has 0 radical (unpaired) electrons. The second-order valence-corrected chi connectivity index (χ2v) is 3.41. The van der Waals surface area contributed by atoms with Gasteiger partial charge in [-0.3, -0.25) is 0 Å². The van der Waals surface area contributed by atoms with E-state index in [1.807, 2.05) is 12.1 Å². The molecule has 1 aromatic rings. The highest BCUT2D eigenvalue weighted by atomic mass is 16.5. The zero-order valence-electron chi connectivity index (χ0n) is 7.86. The number of hydrogen-bond acceptors (Lipinski definition) is 1. The van der Waals surface area contributed by atoms with Crippen LogP contribution in [0.25, 0.3) is 0 Å². The molecule has 0 fully saturated rings. The van der Waals surface area contributed by atoms with Crippen molar-refractivity contribution in [2.24, 2.45) is 0 Å². The summed E-state index contributed by atoms with van der Waals surface area (Å²) in [6.45, 7) is 0. The van der Waals surface area contributed by atoms with E-state index in [1.54, 1.807) is 7.11 Å². The lowest BCUT2D eigenvalue weighted by Crippen LogP contribution is -1.92. The number of rotatable bonds is 2. The quantitative estimate of drug-likeness (QED) is 0.626. The first-order valence-electron chi connectivity index (χ1n) is 4.69. The van der Waals surface area contributed by atoms with Crippen LogP contribution in [-0.4, -0.2) is 7.11 Å². The van der Waals surface area contributed by atoms with Gasteiger partial charge in [-0.1, -0.05) is 24.3 Å². The smallest absolute Gasteiger partial charge is 0.118 e. The molecule has 1 aliphatic rings. The van der Waals surface area contributed by atoms with Crippen LogP contribution in [0.2, 0.25) is 0 Å². The molecule has 0 N–H and O–H groups in total. The Balaban J connectivity index is 2.13. The summed E-state index contributed by atoms with van der Waals surface area (Å²) in [5.74, 6) is 1.64. The van der Waals surface area contributed by atoms with Gasteiger partial charge in [0.1, 0.15) is 5.75 Å². The average Bonchev–Trinajstić information content (AvgIpc) is 2.71. The second kappa shape index (κ2) is 3.65. The van der Waals surface area contributed by atoms with Crippen molar-refractivity contribution in [2.45, 2.75) is 18.8 Å². The Labute approximate surface area is 79.0 Å². The fourth-order valence-electron chi connectivity index (χ4n) is 1.77. The third kappa shape index (κ3) is 1.74. The molecule has 1 aromatic carbocycles. The van der Waals surface area contributed by atoms with Crippen molar-refractivity contribution in [1.82, 2.24) is 0 Å². The van der Waals surface area contributed by atoms with Crippen LogP contribution in [0.5, 0.6) is 5.75 Å². The summed E-state index contributed by atoms with van der Waals surface area (Å²) in [4.78, 5) is 0. The highest BCUT2D eigenvalue weighted by Crippen LogP contribution is 2.29. The molecule has 0 heterocycles. The first-order valence-corrected chi connectivity index (χ1v) is 4.69. The molecular weight excluding hydrogens is 160 g/mol. The Bertz CT molecular complexity index is 289. The van der Waals surface area contributed by atoms with Crippen molar-refractivity contribution in [3.8, 4) is 5.75 Å². The molecular formula is C12H14O. The van der Waals surface area contributed by atoms with Gasteiger partial charge in [0.05, 0.1) is 7.11 Å². The van der Waals surface area contributed by atoms with Gasteiger partial charge in [-0.2, -0.15) is 0 Å². The number of methoxy groups -OCH3 is 1. The highest BCUT2D eigenvalue weighted by molar-refractivity contribution is 5.30. The van der Waals surface area contributed by atoms with E-state index in [1.165, 1.54) is 18.4 Å². The van der Waals surface area contributed by atoms with E-state index in [9.17, 15) is 0 Å². The predicted molar refractivity (Wildman–Crippen MR) is 54.1 cm³/mol. The van der Waals surface area contributed by atoms with Crippen LogP contribution in [0.15, 0.2) is 36.4 Å². The molecule has 68 valence electrons. The lowest BCUT2D eigenvalue weighted by Gasteiger charge is -2.09. The summed E-state index contributed by atoms with van der Waals surface area (Å²) in [6, 6.07) is 8.40. The van der Waals surface area contributed by atoms with Crippen LogP contribution in [0.1, 0.15) is 24.3 Å². The molecule has 1 nitrogen and oxygen atoms in total. The van der Waals surface area contributed by atoms with Crippen LogP contribution in [-0.2, 0) is 0 Å². The normalized spacial score (nSPS) is 16.4. The van der Waals surface area contributed by atoms with E-state index < -0.39 is 0 Å². The number of ether oxygens (including phenoxy) is 1. The van der Waals surface area contributed by atoms with Crippen LogP contribution in [0.3, 0.4) is 0 Å². The van der Waals surface area contributed by atoms with Crippen molar-refractivity contribution in [3.63, 3.8) is 0 Å². The predicted octanol–water partition coefficient (Wildman–Crippen LogP) is 3.13. The SMILES string of the molecule is COc1ccc(C2CC=CC2)cc1. The molecule has 0 saturated heterocycles. The maximum absolute atomic E-state index is 5.12. The number of allylic oxidation sites excluding steroid dienone is 2. The Morgan fingerprint density at radius 3 is 2.23 bits per heavy atom. The molecule has 0 aliphatic heterocycles. The van der Waals surface area contributed by atoms with Crippen molar-refractivity contribution in [3.05, 3.63) is 42.0 Å². The topological polar surface area (TPSA) is 9.23 Å². The van der Waals surface area contributed by atoms with E-state index >= 15 is 0 Å². The summed E-state index contributed by atoms with van der Waals surface area (Å²) in [6.07, 6.45) is 6.89. The second-order valence-electron chi connectivity index (χ2n) is 3.41. The van der Waals surface area contributed by atoms with Gasteiger partial charge in [-0.05, 0) is 36.5 Å². The first-order chi connectivity index (χ1) is 6.40. The highest BCUT2D eigenvalue weighted by Gasteiger charge is 2.11. The third-order valence-electron chi connectivity index (χ3n) is 2.60. The lowest BCUT2D eigenvalue weighted by atomic mass is 9.97. The molecule has 2 rings (SSSR count). The van der Waals surface area contributed by atoms with Gasteiger partial charge < -0.3 is 4.74 Å². The Hall–Kier alpha value is -1.24. The molecule has 0 amide bonds. The maximum atomic E-state index is 5.12. The zero-order chi connectivity index (χ0) is 9.10. The van der Waals surface area contributed by atoms with E-state index in [-0.39, 0.29) is 0 Å². The molecule has 0 bridgehead atoms. The average molecular weight is 174 g/mol. The number of hydrogen-bond donors (Lipinski definition) is 0. The third-order valence-corrected chi connectivity index (χ3v) is 2.60. The zero-order valence-corrected chi connectivity index (χ0v) is 7.86. The molecule has 0 spiro atoms. The van der Waals surface area contributed by atoms with E-state index in [4.69, 9.17) is 4.74 Å². The Morgan fingerprint density at radius 2 is 1.69 bits per heavy atom. The molecule has 13 heavy (non-hydrogen) atoms. The maximum Gasteiger partial charge on any atom is 0.118 e. The Kier molecular flexibility index (Phi) is 2.35. The van der Waals surface area contributed by atoms with Crippen molar-refractivity contribution >= 4 is 0 Å². The van der Waals surface area contributed by atoms with Crippen LogP contribution in [0, 0.1) is 0 Å². The number of benzene rings is 1. The minimum atomic E-state index is 0.700. The van der Waals surface area contributed by atoms with Crippen LogP contribution in [0.4, 0.5) is 0 Å². The summed E-state index contributed by atoms with van der Waals surface area (Å²) in [5, 5.41) is 0. The van der Waals surface area contributed by atoms with Gasteiger partial charge in [0, 0.05) is 0 Å². The van der Waals surface area contributed by atoms with Gasteiger partial charge >= 0.3 is 0 Å². The standard InChI is InChI=1S/C12H14O/c1-13-12-8-6-11(7-9-12)10-4-2-3-5-10/h2-3,6-10H,4-5H2,1H3. The van der Waals surface area contributed by atoms with Gasteiger partial charge in [-0.25, -0.2) is 0 Å². The molecule has 0 unspecified atom stereocenters. The summed E-state index contributed by atoms with van der Waals surface area (Å²) >= 11 is 0. The van der Waals surface area contributed by atoms with Crippen LogP contribution >= 0.6 is 0 Å².